The van der Waals surface area contributed by atoms with Gasteiger partial charge in [0.05, 0.1) is 41.3 Å². The predicted octanol–water partition coefficient (Wildman–Crippen LogP) is 4.90. The van der Waals surface area contributed by atoms with Gasteiger partial charge >= 0.3 is 11.9 Å². The number of nitro benzene ring substituents is 1. The number of nitriles is 1. The van der Waals surface area contributed by atoms with Crippen LogP contribution in [0.1, 0.15) is 63.0 Å². The second-order valence-corrected chi connectivity index (χ2v) is 11.7. The van der Waals surface area contributed by atoms with Crippen LogP contribution in [0.25, 0.3) is 0 Å². The SMILES string of the molecule is CCC1=NC(C)=C(N(C=O)CCCN2CCC(C(=O)OC)(c3ccccc3)CC2)C(c2ccc([N+](=O)[O-])cc2)C1C(=O)OCCC#N. The van der Waals surface area contributed by atoms with Crippen LogP contribution in [-0.4, -0.2) is 78.7 Å². The molecule has 0 saturated carbocycles. The number of rotatable bonds is 14. The Kier molecular flexibility index (Phi) is 12.0. The van der Waals surface area contributed by atoms with Crippen molar-refractivity contribution in [3.05, 3.63) is 87.2 Å². The fraction of sp³-hybridized carbons (Fsp3) is 0.457. The highest BCUT2D eigenvalue weighted by Crippen LogP contribution is 2.42. The minimum absolute atomic E-state index is 0.0318. The van der Waals surface area contributed by atoms with Crippen molar-refractivity contribution < 1.29 is 28.8 Å². The Morgan fingerprint density at radius 1 is 1.17 bits per heavy atom. The molecule has 0 N–H and O–H groups in total. The van der Waals surface area contributed by atoms with E-state index in [2.05, 4.69) is 4.90 Å². The quantitative estimate of drug-likeness (QED) is 0.0918. The lowest BCUT2D eigenvalue weighted by Gasteiger charge is -2.40. The number of piperidine rings is 1. The van der Waals surface area contributed by atoms with Gasteiger partial charge in [-0.2, -0.15) is 5.26 Å². The van der Waals surface area contributed by atoms with E-state index in [1.807, 2.05) is 43.3 Å². The molecule has 2 aliphatic heterocycles. The molecule has 2 unspecified atom stereocenters. The number of esters is 2. The van der Waals surface area contributed by atoms with Crippen LogP contribution in [0, 0.1) is 27.4 Å². The number of nitro groups is 1. The van der Waals surface area contributed by atoms with Crippen LogP contribution in [0.4, 0.5) is 5.69 Å². The smallest absolute Gasteiger partial charge is 0.316 e. The molecule has 4 rings (SSSR count). The van der Waals surface area contributed by atoms with E-state index in [9.17, 15) is 24.5 Å². The minimum Gasteiger partial charge on any atom is -0.468 e. The van der Waals surface area contributed by atoms with Gasteiger partial charge in [-0.1, -0.05) is 49.4 Å². The van der Waals surface area contributed by atoms with E-state index in [1.165, 1.54) is 19.2 Å². The molecule has 2 heterocycles. The first kappa shape index (κ1) is 35.0. The summed E-state index contributed by atoms with van der Waals surface area (Å²) in [7, 11) is 1.42. The molecule has 2 aromatic rings. The molecule has 2 aromatic carbocycles. The lowest BCUT2D eigenvalue weighted by atomic mass is 9.72. The Morgan fingerprint density at radius 3 is 2.43 bits per heavy atom. The molecule has 0 radical (unpaired) electrons. The molecular formula is C35H41N5O7. The van der Waals surface area contributed by atoms with E-state index in [1.54, 1.807) is 24.0 Å². The first-order valence-electron chi connectivity index (χ1n) is 15.8. The molecular weight excluding hydrogens is 602 g/mol. The van der Waals surface area contributed by atoms with Crippen LogP contribution in [0.15, 0.2) is 71.0 Å². The van der Waals surface area contributed by atoms with Crippen LogP contribution < -0.4 is 0 Å². The van der Waals surface area contributed by atoms with Crippen molar-refractivity contribution >= 4 is 29.7 Å². The van der Waals surface area contributed by atoms with Gasteiger partial charge in [-0.3, -0.25) is 29.5 Å². The van der Waals surface area contributed by atoms with Gasteiger partial charge in [0, 0.05) is 30.3 Å². The first-order chi connectivity index (χ1) is 22.7. The number of nitrogens with zero attached hydrogens (tertiary/aromatic N) is 5. The molecule has 1 amide bonds. The summed E-state index contributed by atoms with van der Waals surface area (Å²) in [5.41, 5.74) is 2.43. The molecule has 12 heteroatoms. The summed E-state index contributed by atoms with van der Waals surface area (Å²) >= 11 is 0. The minimum atomic E-state index is -0.882. The van der Waals surface area contributed by atoms with Crippen LogP contribution in [-0.2, 0) is 29.3 Å². The summed E-state index contributed by atoms with van der Waals surface area (Å²) in [5.74, 6) is -2.38. The number of benzene rings is 2. The number of non-ortho nitro benzene ring substituents is 1. The third-order valence-electron chi connectivity index (χ3n) is 9.13. The van der Waals surface area contributed by atoms with Crippen molar-refractivity contribution in [2.45, 2.75) is 57.3 Å². The fourth-order valence-electron chi connectivity index (χ4n) is 6.73. The number of aliphatic imine (C=N–C) groups is 1. The molecule has 0 bridgehead atoms. The standard InChI is InChI=1S/C35H41N5O7/c1-4-29-31(33(42)47-23-8-18-36)30(26-12-14-28(15-13-26)40(44)45)32(25(2)37-29)39(24-41)20-9-19-38-21-16-35(17-22-38,34(43)46-3)27-10-6-5-7-11-27/h5-7,10-15,24,30-31H,4,8-9,16-17,19-23H2,1-3H3. The highest BCUT2D eigenvalue weighted by Gasteiger charge is 2.44. The number of likely N-dealkylation sites (tertiary alicyclic amines) is 1. The molecule has 2 aliphatic rings. The average Bonchev–Trinajstić information content (AvgIpc) is 3.10. The number of ether oxygens (including phenoxy) is 2. The van der Waals surface area contributed by atoms with Crippen molar-refractivity contribution in [1.82, 2.24) is 9.80 Å². The van der Waals surface area contributed by atoms with Gasteiger partial charge in [-0.25, -0.2) is 0 Å². The Morgan fingerprint density at radius 2 is 1.85 bits per heavy atom. The monoisotopic (exact) mass is 643 g/mol. The Balaban J connectivity index is 1.55. The Bertz CT molecular complexity index is 1540. The van der Waals surface area contributed by atoms with Crippen LogP contribution in [0.3, 0.4) is 0 Å². The van der Waals surface area contributed by atoms with Gasteiger partial charge in [0.2, 0.25) is 6.41 Å². The number of amides is 1. The third-order valence-corrected chi connectivity index (χ3v) is 9.13. The van der Waals surface area contributed by atoms with Gasteiger partial charge in [-0.05, 0) is 63.4 Å². The highest BCUT2D eigenvalue weighted by molar-refractivity contribution is 6.05. The summed E-state index contributed by atoms with van der Waals surface area (Å²) in [6, 6.07) is 17.6. The lowest BCUT2D eigenvalue weighted by molar-refractivity contribution is -0.384. The van der Waals surface area contributed by atoms with E-state index in [-0.39, 0.29) is 24.7 Å². The van der Waals surface area contributed by atoms with E-state index in [0.29, 0.717) is 74.5 Å². The molecule has 1 fully saturated rings. The van der Waals surface area contributed by atoms with E-state index in [4.69, 9.17) is 19.7 Å². The molecule has 12 nitrogen and oxygen atoms in total. The largest absolute Gasteiger partial charge is 0.468 e. The molecule has 2 atom stereocenters. The zero-order valence-corrected chi connectivity index (χ0v) is 27.1. The highest BCUT2D eigenvalue weighted by atomic mass is 16.6. The molecule has 0 aliphatic carbocycles. The summed E-state index contributed by atoms with van der Waals surface area (Å²) in [4.78, 5) is 58.6. The van der Waals surface area contributed by atoms with Crippen molar-refractivity contribution in [2.75, 3.05) is 39.9 Å². The van der Waals surface area contributed by atoms with Crippen LogP contribution in [0.5, 0.6) is 0 Å². The normalized spacial score (nSPS) is 19.2. The second-order valence-electron chi connectivity index (χ2n) is 11.7. The Hall–Kier alpha value is -4.89. The van der Waals surface area contributed by atoms with Crippen LogP contribution in [0.2, 0.25) is 0 Å². The van der Waals surface area contributed by atoms with Gasteiger partial charge in [-0.15, -0.1) is 0 Å². The summed E-state index contributed by atoms with van der Waals surface area (Å²) < 4.78 is 10.7. The molecule has 0 spiro atoms. The number of hydrogen-bond acceptors (Lipinski definition) is 10. The van der Waals surface area contributed by atoms with Gasteiger partial charge in [0.25, 0.3) is 5.69 Å². The first-order valence-corrected chi connectivity index (χ1v) is 15.8. The third kappa shape index (κ3) is 7.74. The van der Waals surface area contributed by atoms with Gasteiger partial charge < -0.3 is 19.3 Å². The lowest BCUT2D eigenvalue weighted by Crippen LogP contribution is -2.48. The molecule has 47 heavy (non-hydrogen) atoms. The fourth-order valence-corrected chi connectivity index (χ4v) is 6.73. The number of methoxy groups -OCH3 is 1. The second kappa shape index (κ2) is 16.1. The van der Waals surface area contributed by atoms with Gasteiger partial charge in [0.1, 0.15) is 12.5 Å². The number of allylic oxidation sites excluding steroid dienone is 2. The number of carbonyl (C=O) groups excluding carboxylic acids is 3. The van der Waals surface area contributed by atoms with Crippen molar-refractivity contribution in [1.29, 1.82) is 5.26 Å². The van der Waals surface area contributed by atoms with Gasteiger partial charge in [0.15, 0.2) is 0 Å². The summed E-state index contributed by atoms with van der Waals surface area (Å²) in [5, 5.41) is 20.3. The maximum atomic E-state index is 13.5. The Labute approximate surface area is 274 Å². The van der Waals surface area contributed by atoms with E-state index < -0.39 is 28.1 Å². The molecule has 248 valence electrons. The number of carbonyl (C=O) groups is 3. The maximum absolute atomic E-state index is 13.5. The average molecular weight is 644 g/mol. The van der Waals surface area contributed by atoms with Crippen molar-refractivity contribution in [2.24, 2.45) is 10.9 Å². The topological polar surface area (TPSA) is 155 Å². The maximum Gasteiger partial charge on any atom is 0.316 e. The van der Waals surface area contributed by atoms with Crippen molar-refractivity contribution in [3.63, 3.8) is 0 Å². The van der Waals surface area contributed by atoms with Crippen molar-refractivity contribution in [3.8, 4) is 6.07 Å². The zero-order valence-electron chi connectivity index (χ0n) is 27.1. The molecule has 1 saturated heterocycles. The summed E-state index contributed by atoms with van der Waals surface area (Å²) in [6.07, 6.45) is 3.04. The summed E-state index contributed by atoms with van der Waals surface area (Å²) in [6.45, 7) is 5.96. The molecule has 0 aromatic heterocycles. The van der Waals surface area contributed by atoms with E-state index in [0.717, 1.165) is 12.0 Å². The number of hydrogen-bond donors (Lipinski definition) is 0. The van der Waals surface area contributed by atoms with E-state index >= 15 is 0 Å². The zero-order chi connectivity index (χ0) is 34.0. The van der Waals surface area contributed by atoms with Crippen LogP contribution >= 0.6 is 0 Å². The predicted molar refractivity (Wildman–Crippen MR) is 174 cm³/mol.